The van der Waals surface area contributed by atoms with E-state index in [1.54, 1.807) is 0 Å². The molecule has 7 heteroatoms. The van der Waals surface area contributed by atoms with Gasteiger partial charge in [-0.3, -0.25) is 0 Å². The molecule has 2 atom stereocenters. The summed E-state index contributed by atoms with van der Waals surface area (Å²) in [6.07, 6.45) is 5.05. The van der Waals surface area contributed by atoms with Crippen LogP contribution in [-0.2, 0) is 10.0 Å². The van der Waals surface area contributed by atoms with Gasteiger partial charge in [-0.1, -0.05) is 26.2 Å². The second kappa shape index (κ2) is 6.24. The molecule has 0 saturated heterocycles. The van der Waals surface area contributed by atoms with Crippen molar-refractivity contribution >= 4 is 27.3 Å². The van der Waals surface area contributed by atoms with Crippen LogP contribution in [0.2, 0.25) is 0 Å². The van der Waals surface area contributed by atoms with Crippen molar-refractivity contribution in [3.8, 4) is 0 Å². The van der Waals surface area contributed by atoms with E-state index in [0.29, 0.717) is 5.92 Å². The highest BCUT2D eigenvalue weighted by Gasteiger charge is 2.29. The van der Waals surface area contributed by atoms with Crippen LogP contribution in [0.4, 0.5) is 0 Å². The van der Waals surface area contributed by atoms with Gasteiger partial charge in [0.2, 0.25) is 10.0 Å². The average Bonchev–Trinajstić information content (AvgIpc) is 2.89. The Bertz CT molecular complexity index is 579. The Balaban J connectivity index is 2.15. The van der Waals surface area contributed by atoms with E-state index in [1.807, 2.05) is 0 Å². The van der Waals surface area contributed by atoms with Gasteiger partial charge in [0.15, 0.2) is 0 Å². The first-order valence-corrected chi connectivity index (χ1v) is 9.09. The Hall–Kier alpha value is -0.920. The summed E-state index contributed by atoms with van der Waals surface area (Å²) >= 11 is 0.795. The van der Waals surface area contributed by atoms with Crippen LogP contribution < -0.4 is 4.72 Å². The van der Waals surface area contributed by atoms with Gasteiger partial charge in [-0.15, -0.1) is 11.3 Å². The summed E-state index contributed by atoms with van der Waals surface area (Å²) in [5.41, 5.74) is 0. The summed E-state index contributed by atoms with van der Waals surface area (Å²) in [7, 11) is -3.61. The zero-order valence-electron chi connectivity index (χ0n) is 11.3. The van der Waals surface area contributed by atoms with Crippen molar-refractivity contribution in [1.82, 2.24) is 4.72 Å². The SMILES string of the molecule is CCC1CCCCC1NS(=O)(=O)c1ccc(C(=O)O)s1. The predicted octanol–water partition coefficient (Wildman–Crippen LogP) is 2.69. The fourth-order valence-corrected chi connectivity index (χ4v) is 5.19. The minimum Gasteiger partial charge on any atom is -0.477 e. The fourth-order valence-electron chi connectivity index (χ4n) is 2.69. The topological polar surface area (TPSA) is 83.5 Å². The van der Waals surface area contributed by atoms with Crippen LogP contribution in [0.3, 0.4) is 0 Å². The maximum atomic E-state index is 12.3. The van der Waals surface area contributed by atoms with Gasteiger partial charge in [0.05, 0.1) is 0 Å². The molecular formula is C13H19NO4S2. The lowest BCUT2D eigenvalue weighted by Gasteiger charge is -2.31. The van der Waals surface area contributed by atoms with E-state index in [1.165, 1.54) is 12.1 Å². The Morgan fingerprint density at radius 2 is 2.10 bits per heavy atom. The van der Waals surface area contributed by atoms with Gasteiger partial charge in [-0.05, 0) is 30.9 Å². The van der Waals surface area contributed by atoms with E-state index in [-0.39, 0.29) is 15.1 Å². The van der Waals surface area contributed by atoms with Gasteiger partial charge in [0.25, 0.3) is 0 Å². The minimum absolute atomic E-state index is 0.0332. The van der Waals surface area contributed by atoms with E-state index >= 15 is 0 Å². The van der Waals surface area contributed by atoms with E-state index in [0.717, 1.165) is 43.4 Å². The summed E-state index contributed by atoms with van der Waals surface area (Å²) in [6, 6.07) is 2.66. The third-order valence-electron chi connectivity index (χ3n) is 3.80. The molecule has 20 heavy (non-hydrogen) atoms. The van der Waals surface area contributed by atoms with Crippen LogP contribution in [0.5, 0.6) is 0 Å². The van der Waals surface area contributed by atoms with Gasteiger partial charge in [0.1, 0.15) is 9.09 Å². The standard InChI is InChI=1S/C13H19NO4S2/c1-2-9-5-3-4-6-10(9)14-20(17,18)12-8-7-11(19-12)13(15)16/h7-10,14H,2-6H2,1H3,(H,15,16). The van der Waals surface area contributed by atoms with E-state index in [9.17, 15) is 13.2 Å². The number of sulfonamides is 1. The van der Waals surface area contributed by atoms with Crippen molar-refractivity contribution in [3.05, 3.63) is 17.0 Å². The van der Waals surface area contributed by atoms with Crippen LogP contribution in [-0.4, -0.2) is 25.5 Å². The number of thiophene rings is 1. The van der Waals surface area contributed by atoms with Crippen LogP contribution in [0.15, 0.2) is 16.3 Å². The molecule has 1 fully saturated rings. The third kappa shape index (κ3) is 3.39. The molecular weight excluding hydrogens is 298 g/mol. The molecule has 1 heterocycles. The molecule has 1 aromatic heterocycles. The smallest absolute Gasteiger partial charge is 0.345 e. The molecule has 1 aliphatic carbocycles. The van der Waals surface area contributed by atoms with Crippen molar-refractivity contribution in [2.75, 3.05) is 0 Å². The highest BCUT2D eigenvalue weighted by atomic mass is 32.2. The van der Waals surface area contributed by atoms with Gasteiger partial charge < -0.3 is 5.11 Å². The van der Waals surface area contributed by atoms with E-state index in [4.69, 9.17) is 5.11 Å². The lowest BCUT2D eigenvalue weighted by molar-refractivity contribution is 0.0702. The lowest BCUT2D eigenvalue weighted by atomic mass is 9.83. The molecule has 1 saturated carbocycles. The number of hydrogen-bond donors (Lipinski definition) is 2. The number of aromatic carboxylic acids is 1. The summed E-state index contributed by atoms with van der Waals surface area (Å²) in [5.74, 6) is -0.724. The van der Waals surface area contributed by atoms with Crippen LogP contribution in [0.25, 0.3) is 0 Å². The molecule has 0 radical (unpaired) electrons. The van der Waals surface area contributed by atoms with Gasteiger partial charge >= 0.3 is 5.97 Å². The third-order valence-corrected chi connectivity index (χ3v) is 6.85. The molecule has 112 valence electrons. The molecule has 2 N–H and O–H groups in total. The Morgan fingerprint density at radius 3 is 2.70 bits per heavy atom. The fraction of sp³-hybridized carbons (Fsp3) is 0.615. The van der Waals surface area contributed by atoms with Crippen LogP contribution in [0.1, 0.15) is 48.7 Å². The summed E-state index contributed by atoms with van der Waals surface area (Å²) in [4.78, 5) is 10.9. The Labute approximate surface area is 123 Å². The maximum Gasteiger partial charge on any atom is 0.345 e. The summed E-state index contributed by atoms with van der Waals surface area (Å²) in [5, 5.41) is 8.86. The minimum atomic E-state index is -3.61. The normalized spacial score (nSPS) is 23.6. The molecule has 0 aliphatic heterocycles. The number of carbonyl (C=O) groups is 1. The van der Waals surface area contributed by atoms with E-state index < -0.39 is 16.0 Å². The zero-order chi connectivity index (χ0) is 14.8. The number of nitrogens with one attached hydrogen (secondary N) is 1. The molecule has 5 nitrogen and oxygen atoms in total. The predicted molar refractivity (Wildman–Crippen MR) is 77.6 cm³/mol. The summed E-state index contributed by atoms with van der Waals surface area (Å²) in [6.45, 7) is 2.07. The quantitative estimate of drug-likeness (QED) is 0.874. The molecule has 0 aromatic carbocycles. The van der Waals surface area contributed by atoms with Crippen molar-refractivity contribution in [3.63, 3.8) is 0 Å². The highest BCUT2D eigenvalue weighted by molar-refractivity contribution is 7.91. The second-order valence-electron chi connectivity index (χ2n) is 5.10. The molecule has 0 spiro atoms. The summed E-state index contributed by atoms with van der Waals surface area (Å²) < 4.78 is 27.4. The number of carboxylic acid groups (broad SMARTS) is 1. The first-order valence-electron chi connectivity index (χ1n) is 6.79. The number of hydrogen-bond acceptors (Lipinski definition) is 4. The van der Waals surface area contributed by atoms with Crippen molar-refractivity contribution < 1.29 is 18.3 Å². The molecule has 1 aliphatic rings. The van der Waals surface area contributed by atoms with Crippen LogP contribution in [0, 0.1) is 5.92 Å². The van der Waals surface area contributed by atoms with Crippen LogP contribution >= 0.6 is 11.3 Å². The largest absolute Gasteiger partial charge is 0.477 e. The Morgan fingerprint density at radius 1 is 1.40 bits per heavy atom. The van der Waals surface area contributed by atoms with E-state index in [2.05, 4.69) is 11.6 Å². The van der Waals surface area contributed by atoms with Gasteiger partial charge in [0, 0.05) is 6.04 Å². The second-order valence-corrected chi connectivity index (χ2v) is 8.13. The van der Waals surface area contributed by atoms with Gasteiger partial charge in [-0.25, -0.2) is 17.9 Å². The number of rotatable bonds is 5. The number of carboxylic acids is 1. The Kier molecular flexibility index (Phi) is 4.82. The molecule has 2 unspecified atom stereocenters. The molecule has 2 rings (SSSR count). The molecule has 0 bridgehead atoms. The monoisotopic (exact) mass is 317 g/mol. The van der Waals surface area contributed by atoms with Crippen molar-refractivity contribution in [2.24, 2.45) is 5.92 Å². The van der Waals surface area contributed by atoms with Gasteiger partial charge in [-0.2, -0.15) is 0 Å². The first kappa shape index (κ1) is 15.5. The average molecular weight is 317 g/mol. The molecule has 0 amide bonds. The zero-order valence-corrected chi connectivity index (χ0v) is 13.0. The first-order chi connectivity index (χ1) is 9.44. The highest BCUT2D eigenvalue weighted by Crippen LogP contribution is 2.29. The lowest BCUT2D eigenvalue weighted by Crippen LogP contribution is -2.41. The van der Waals surface area contributed by atoms with Crippen molar-refractivity contribution in [2.45, 2.75) is 49.3 Å². The van der Waals surface area contributed by atoms with Crippen molar-refractivity contribution in [1.29, 1.82) is 0 Å². The maximum absolute atomic E-state index is 12.3. The molecule has 1 aromatic rings.